The third-order valence-corrected chi connectivity index (χ3v) is 14.7. The molecule has 2 heterocycles. The average Bonchev–Trinajstić information content (AvgIpc) is 3.84. The summed E-state index contributed by atoms with van der Waals surface area (Å²) >= 11 is 11.8. The van der Waals surface area contributed by atoms with E-state index in [1.807, 2.05) is 19.1 Å². The van der Waals surface area contributed by atoms with Gasteiger partial charge in [-0.2, -0.15) is 8.78 Å². The maximum atomic E-state index is 14.5. The lowest BCUT2D eigenvalue weighted by Crippen LogP contribution is -2.43. The van der Waals surface area contributed by atoms with Gasteiger partial charge in [0.2, 0.25) is 0 Å². The first-order chi connectivity index (χ1) is 29.3. The Morgan fingerprint density at radius 1 is 0.639 bits per heavy atom. The molecule has 316 valence electrons. The molecular formula is C48H46Cl2F2N4O5. The highest BCUT2D eigenvalue weighted by atomic mass is 35.5. The van der Waals surface area contributed by atoms with E-state index in [-0.39, 0.29) is 41.5 Å². The number of hydrogen-bond donors (Lipinski definition) is 2. The van der Waals surface area contributed by atoms with Gasteiger partial charge in [-0.15, -0.1) is 0 Å². The molecule has 6 unspecified atom stereocenters. The van der Waals surface area contributed by atoms with Crippen LogP contribution in [0.1, 0.15) is 89.0 Å². The van der Waals surface area contributed by atoms with Crippen LogP contribution >= 0.6 is 23.2 Å². The molecule has 2 N–H and O–H groups in total. The quantitative estimate of drug-likeness (QED) is 0.154. The highest BCUT2D eigenvalue weighted by Crippen LogP contribution is 2.63. The van der Waals surface area contributed by atoms with Crippen molar-refractivity contribution in [1.82, 2.24) is 10.6 Å². The molecule has 4 saturated carbocycles. The number of hydrogen-bond acceptors (Lipinski definition) is 5. The number of nitrogens with one attached hydrogen (secondary N) is 2. The number of Topliss-reactive ketones (excluding diaryl/α,β-unsaturated/α-hetero) is 1. The van der Waals surface area contributed by atoms with E-state index in [4.69, 9.17) is 23.2 Å². The van der Waals surface area contributed by atoms with Gasteiger partial charge in [-0.3, -0.25) is 24.0 Å². The number of benzene rings is 4. The summed E-state index contributed by atoms with van der Waals surface area (Å²) in [5.74, 6) is -3.15. The molecule has 4 amide bonds. The summed E-state index contributed by atoms with van der Waals surface area (Å²) in [6.07, 6.45) is 4.82. The molecular weight excluding hydrogens is 821 g/mol. The van der Waals surface area contributed by atoms with Crippen molar-refractivity contribution in [2.75, 3.05) is 9.80 Å². The lowest BCUT2D eigenvalue weighted by atomic mass is 9.98. The largest absolute Gasteiger partial charge is 0.352 e. The van der Waals surface area contributed by atoms with Crippen LogP contribution in [0.2, 0.25) is 10.0 Å². The van der Waals surface area contributed by atoms with Gasteiger partial charge in [0.15, 0.2) is 0 Å². The number of ketones is 1. The number of anilines is 2. The summed E-state index contributed by atoms with van der Waals surface area (Å²) in [5.41, 5.74) is 2.58. The number of halogens is 4. The van der Waals surface area contributed by atoms with Crippen LogP contribution in [0.25, 0.3) is 0 Å². The molecule has 13 heteroatoms. The minimum absolute atomic E-state index is 0.0298. The molecule has 4 fully saturated rings. The summed E-state index contributed by atoms with van der Waals surface area (Å²) in [6.45, 7) is 4.14. The van der Waals surface area contributed by atoms with Gasteiger partial charge in [-0.25, -0.2) is 0 Å². The maximum Gasteiger partial charge on any atom is 0.352 e. The SMILES string of the molecule is CCC(NC(=O)c1ccc(Cl)cc1)C1[C@H]2CC(N3C(=O)C(=O)c4ccccc43)C[C@@H]12.CCC(NC(=O)c1ccc(Cl)cc1)C1[C@H]2CC(N3C(=O)C(F)(F)c4ccccc43)C[C@@H]12. The fraction of sp³-hybridized carbons (Fsp3) is 0.396. The molecule has 4 aromatic carbocycles. The Kier molecular flexibility index (Phi) is 10.8. The van der Waals surface area contributed by atoms with Crippen molar-refractivity contribution in [3.63, 3.8) is 0 Å². The molecule has 6 aliphatic rings. The lowest BCUT2D eigenvalue weighted by Gasteiger charge is -2.28. The van der Waals surface area contributed by atoms with Gasteiger partial charge >= 0.3 is 11.8 Å². The number of amides is 4. The van der Waals surface area contributed by atoms with E-state index in [1.165, 1.54) is 11.0 Å². The van der Waals surface area contributed by atoms with E-state index >= 15 is 0 Å². The molecule has 10 rings (SSSR count). The van der Waals surface area contributed by atoms with Crippen LogP contribution in [0.15, 0.2) is 97.1 Å². The van der Waals surface area contributed by atoms with Gasteiger partial charge in [0.25, 0.3) is 23.5 Å². The number of rotatable bonds is 10. The second-order valence-corrected chi connectivity index (χ2v) is 18.2. The molecule has 4 aliphatic carbocycles. The van der Waals surface area contributed by atoms with E-state index in [0.717, 1.165) is 31.4 Å². The van der Waals surface area contributed by atoms with Crippen molar-refractivity contribution < 1.29 is 32.8 Å². The van der Waals surface area contributed by atoms with Crippen molar-refractivity contribution in [2.24, 2.45) is 35.5 Å². The van der Waals surface area contributed by atoms with E-state index in [9.17, 15) is 32.8 Å². The molecule has 0 bridgehead atoms. The van der Waals surface area contributed by atoms with Gasteiger partial charge in [-0.1, -0.05) is 67.4 Å². The third kappa shape index (κ3) is 7.31. The average molecular weight is 868 g/mol. The summed E-state index contributed by atoms with van der Waals surface area (Å²) in [7, 11) is 0. The highest BCUT2D eigenvalue weighted by molar-refractivity contribution is 6.52. The van der Waals surface area contributed by atoms with Crippen LogP contribution < -0.4 is 20.4 Å². The molecule has 10 atom stereocenters. The first-order valence-electron chi connectivity index (χ1n) is 21.2. The van der Waals surface area contributed by atoms with Gasteiger partial charge in [0.05, 0.1) is 22.5 Å². The van der Waals surface area contributed by atoms with E-state index in [1.54, 1.807) is 83.8 Å². The zero-order valence-corrected chi connectivity index (χ0v) is 35.2. The molecule has 9 nitrogen and oxygen atoms in total. The topological polar surface area (TPSA) is 116 Å². The Hall–Kier alpha value is -5.13. The smallest absolute Gasteiger partial charge is 0.349 e. The van der Waals surface area contributed by atoms with E-state index in [2.05, 4.69) is 17.6 Å². The first-order valence-corrected chi connectivity index (χ1v) is 22.0. The number of nitrogens with zero attached hydrogens (tertiary/aromatic N) is 2. The molecule has 0 radical (unpaired) electrons. The molecule has 0 aromatic heterocycles. The zero-order valence-electron chi connectivity index (χ0n) is 33.7. The van der Waals surface area contributed by atoms with Crippen LogP contribution in [0.3, 0.4) is 0 Å². The second kappa shape index (κ2) is 16.0. The maximum absolute atomic E-state index is 14.5. The molecule has 0 spiro atoms. The first kappa shape index (κ1) is 41.2. The number of alkyl halides is 2. The molecule has 2 aliphatic heterocycles. The van der Waals surface area contributed by atoms with Gasteiger partial charge in [0, 0.05) is 45.3 Å². The van der Waals surface area contributed by atoms with Crippen LogP contribution in [-0.4, -0.2) is 53.6 Å². The van der Waals surface area contributed by atoms with Crippen molar-refractivity contribution in [1.29, 1.82) is 0 Å². The summed E-state index contributed by atoms with van der Waals surface area (Å²) < 4.78 is 29.0. The molecule has 0 saturated heterocycles. The van der Waals surface area contributed by atoms with Crippen molar-refractivity contribution in [2.45, 2.75) is 82.5 Å². The van der Waals surface area contributed by atoms with Gasteiger partial charge in [-0.05, 0) is 141 Å². The van der Waals surface area contributed by atoms with Gasteiger partial charge < -0.3 is 20.4 Å². The lowest BCUT2D eigenvalue weighted by molar-refractivity contribution is -0.142. The fourth-order valence-corrected chi connectivity index (χ4v) is 11.5. The number of para-hydroxylation sites is 2. The Labute approximate surface area is 363 Å². The summed E-state index contributed by atoms with van der Waals surface area (Å²) in [6, 6.07) is 27.1. The van der Waals surface area contributed by atoms with E-state index < -0.39 is 23.5 Å². The second-order valence-electron chi connectivity index (χ2n) is 17.3. The Balaban J connectivity index is 0.000000156. The number of fused-ring (bicyclic) bond motifs is 4. The third-order valence-electron chi connectivity index (χ3n) is 14.2. The van der Waals surface area contributed by atoms with Crippen molar-refractivity contribution in [3.05, 3.63) is 129 Å². The predicted molar refractivity (Wildman–Crippen MR) is 229 cm³/mol. The predicted octanol–water partition coefficient (Wildman–Crippen LogP) is 9.11. The summed E-state index contributed by atoms with van der Waals surface area (Å²) in [4.78, 5) is 65.7. The normalized spacial score (nSPS) is 28.2. The zero-order chi connectivity index (χ0) is 42.9. The standard InChI is InChI=1S/C24H23ClF2N2O2.C24H23ClN2O3/c1-2-19(28-22(30)13-7-9-14(25)10-8-13)21-16-11-15(12-17(16)21)29-20-6-4-3-5-18(20)24(26,27)23(29)31;1-2-19(26-23(29)13-7-9-14(25)10-8-13)21-17-11-15(12-18(17)21)27-20-6-4-3-5-16(20)22(28)24(27)30/h3-10,15-17,19,21H,2,11-12H2,1H3,(H,28,30);3-10,15,17-19,21H,2,11-12H2,1H3,(H,26,29)/t15?,16-,17+,19?,21?;15?,17-,18+,19?,21?. The minimum atomic E-state index is -3.46. The Morgan fingerprint density at radius 2 is 1.07 bits per heavy atom. The fourth-order valence-electron chi connectivity index (χ4n) is 11.2. The highest BCUT2D eigenvalue weighted by Gasteiger charge is 2.63. The monoisotopic (exact) mass is 866 g/mol. The molecule has 4 aromatic rings. The van der Waals surface area contributed by atoms with E-state index in [0.29, 0.717) is 80.8 Å². The number of carbonyl (C=O) groups is 5. The van der Waals surface area contributed by atoms with Crippen LogP contribution in [0, 0.1) is 35.5 Å². The Morgan fingerprint density at radius 3 is 1.54 bits per heavy atom. The molecule has 61 heavy (non-hydrogen) atoms. The summed E-state index contributed by atoms with van der Waals surface area (Å²) in [5, 5.41) is 7.51. The van der Waals surface area contributed by atoms with Crippen molar-refractivity contribution in [3.8, 4) is 0 Å². The van der Waals surface area contributed by atoms with Crippen molar-refractivity contribution >= 4 is 64.0 Å². The van der Waals surface area contributed by atoms with Crippen LogP contribution in [0.4, 0.5) is 20.2 Å². The minimum Gasteiger partial charge on any atom is -0.349 e. The number of carbonyl (C=O) groups excluding carboxylic acids is 5. The Bertz CT molecular complexity index is 2390. The van der Waals surface area contributed by atoms with Crippen LogP contribution in [0.5, 0.6) is 0 Å². The van der Waals surface area contributed by atoms with Crippen LogP contribution in [-0.2, 0) is 15.5 Å². The van der Waals surface area contributed by atoms with Gasteiger partial charge in [0.1, 0.15) is 0 Å².